The summed E-state index contributed by atoms with van der Waals surface area (Å²) in [6.07, 6.45) is 5.83. The molecule has 2 heteroatoms. The average molecular weight is 145 g/mol. The Morgan fingerprint density at radius 3 is 2.78 bits per heavy atom. The Bertz CT molecular complexity index is 168. The Hall–Kier alpha value is -0.430. The first-order chi connectivity index (χ1) is 4.10. The predicted octanol–water partition coefficient (Wildman–Crippen LogP) is 2.39. The molecule has 1 atom stereocenters. The van der Waals surface area contributed by atoms with Crippen LogP contribution in [0, 0.1) is 0 Å². The van der Waals surface area contributed by atoms with Crippen LogP contribution in [0.5, 0.6) is 0 Å². The molecule has 0 fully saturated rings. The first-order valence-corrected chi connectivity index (χ1v) is 3.24. The summed E-state index contributed by atoms with van der Waals surface area (Å²) in [6.45, 7) is 1.87. The highest BCUT2D eigenvalue weighted by Gasteiger charge is 2.20. The molecule has 50 valence electrons. The highest BCUT2D eigenvalue weighted by molar-refractivity contribution is 6.25. The topological polar surface area (TPSA) is 20.2 Å². The molecule has 1 nitrogen and oxygen atoms in total. The molecule has 0 bridgehead atoms. The summed E-state index contributed by atoms with van der Waals surface area (Å²) in [5.74, 6) is 0.356. The summed E-state index contributed by atoms with van der Waals surface area (Å²) in [4.78, 5) is -0.376. The second-order valence-electron chi connectivity index (χ2n) is 2.47. The number of aliphatic hydroxyl groups is 1. The van der Waals surface area contributed by atoms with Crippen molar-refractivity contribution < 1.29 is 5.11 Å². The van der Waals surface area contributed by atoms with E-state index < -0.39 is 0 Å². The minimum atomic E-state index is -0.376. The van der Waals surface area contributed by atoms with Crippen molar-refractivity contribution in [3.63, 3.8) is 0 Å². The third-order valence-electron chi connectivity index (χ3n) is 1.26. The monoisotopic (exact) mass is 144 g/mol. The Morgan fingerprint density at radius 2 is 2.44 bits per heavy atom. The fourth-order valence-electron chi connectivity index (χ4n) is 0.832. The maximum absolute atomic E-state index is 8.97. The summed E-state index contributed by atoms with van der Waals surface area (Å²) in [6, 6.07) is 0. The van der Waals surface area contributed by atoms with E-state index in [2.05, 4.69) is 0 Å². The van der Waals surface area contributed by atoms with Crippen molar-refractivity contribution in [1.82, 2.24) is 0 Å². The van der Waals surface area contributed by atoms with Crippen molar-refractivity contribution in [3.05, 3.63) is 24.0 Å². The zero-order valence-corrected chi connectivity index (χ0v) is 6.02. The van der Waals surface area contributed by atoms with Gasteiger partial charge in [0.1, 0.15) is 0 Å². The molecule has 0 aliphatic heterocycles. The van der Waals surface area contributed by atoms with Crippen molar-refractivity contribution in [2.75, 3.05) is 0 Å². The molecule has 9 heavy (non-hydrogen) atoms. The lowest BCUT2D eigenvalue weighted by Gasteiger charge is -2.18. The quantitative estimate of drug-likeness (QED) is 0.518. The van der Waals surface area contributed by atoms with Crippen molar-refractivity contribution in [2.24, 2.45) is 0 Å². The molecule has 0 amide bonds. The van der Waals surface area contributed by atoms with Gasteiger partial charge in [-0.2, -0.15) is 0 Å². The van der Waals surface area contributed by atoms with Gasteiger partial charge in [0.25, 0.3) is 0 Å². The van der Waals surface area contributed by atoms with E-state index in [0.717, 1.165) is 0 Å². The smallest absolute Gasteiger partial charge is 0.0943 e. The van der Waals surface area contributed by atoms with Crippen LogP contribution >= 0.6 is 11.6 Å². The SMILES string of the molecule is CC1(Cl)C=CC=C(O)C1. The molecule has 0 saturated carbocycles. The molecule has 1 rings (SSSR count). The summed E-state index contributed by atoms with van der Waals surface area (Å²) in [5.41, 5.74) is 0. The average Bonchev–Trinajstić information content (AvgIpc) is 1.60. The van der Waals surface area contributed by atoms with Gasteiger partial charge in [-0.3, -0.25) is 0 Å². The van der Waals surface area contributed by atoms with Crippen LogP contribution in [-0.4, -0.2) is 9.98 Å². The van der Waals surface area contributed by atoms with Crippen molar-refractivity contribution in [2.45, 2.75) is 18.2 Å². The molecule has 0 heterocycles. The lowest BCUT2D eigenvalue weighted by atomic mass is 10.0. The molecule has 0 aromatic heterocycles. The second kappa shape index (κ2) is 2.07. The number of rotatable bonds is 0. The third kappa shape index (κ3) is 1.75. The molecular weight excluding hydrogens is 136 g/mol. The number of hydrogen-bond donors (Lipinski definition) is 1. The molecule has 1 aliphatic carbocycles. The largest absolute Gasteiger partial charge is 0.512 e. The molecule has 1 unspecified atom stereocenters. The van der Waals surface area contributed by atoms with E-state index >= 15 is 0 Å². The summed E-state index contributed by atoms with van der Waals surface area (Å²) in [5, 5.41) is 8.97. The Balaban J connectivity index is 2.73. The second-order valence-corrected chi connectivity index (χ2v) is 3.34. The molecule has 0 radical (unpaired) electrons. The van der Waals surface area contributed by atoms with Gasteiger partial charge in [-0.1, -0.05) is 12.2 Å². The lowest BCUT2D eigenvalue weighted by molar-refractivity contribution is 0.375. The van der Waals surface area contributed by atoms with Crippen LogP contribution in [0.25, 0.3) is 0 Å². The summed E-state index contributed by atoms with van der Waals surface area (Å²) < 4.78 is 0. The standard InChI is InChI=1S/C7H9ClO/c1-7(8)4-2-3-6(9)5-7/h2-4,9H,5H2,1H3. The lowest BCUT2D eigenvalue weighted by Crippen LogP contribution is -2.15. The van der Waals surface area contributed by atoms with Crippen LogP contribution in [0.4, 0.5) is 0 Å². The maximum atomic E-state index is 8.97. The summed E-state index contributed by atoms with van der Waals surface area (Å²) >= 11 is 5.88. The van der Waals surface area contributed by atoms with Crippen molar-refractivity contribution in [1.29, 1.82) is 0 Å². The van der Waals surface area contributed by atoms with Crippen LogP contribution in [0.1, 0.15) is 13.3 Å². The molecule has 0 spiro atoms. The number of alkyl halides is 1. The first-order valence-electron chi connectivity index (χ1n) is 2.86. The van der Waals surface area contributed by atoms with E-state index in [1.807, 2.05) is 13.0 Å². The minimum Gasteiger partial charge on any atom is -0.512 e. The molecule has 0 aromatic rings. The Morgan fingerprint density at radius 1 is 1.78 bits per heavy atom. The first kappa shape index (κ1) is 6.69. The van der Waals surface area contributed by atoms with Gasteiger partial charge in [0.2, 0.25) is 0 Å². The van der Waals surface area contributed by atoms with E-state index in [9.17, 15) is 0 Å². The number of halogens is 1. The fraction of sp³-hybridized carbons (Fsp3) is 0.429. The van der Waals surface area contributed by atoms with Gasteiger partial charge in [0, 0.05) is 6.42 Å². The number of allylic oxidation sites excluding steroid dienone is 4. The van der Waals surface area contributed by atoms with E-state index in [-0.39, 0.29) is 4.87 Å². The van der Waals surface area contributed by atoms with Gasteiger partial charge in [0.05, 0.1) is 10.6 Å². The van der Waals surface area contributed by atoms with Gasteiger partial charge in [-0.05, 0) is 13.0 Å². The molecule has 1 aliphatic rings. The maximum Gasteiger partial charge on any atom is 0.0943 e. The zero-order valence-electron chi connectivity index (χ0n) is 5.26. The molecule has 0 saturated heterocycles. The molecule has 0 aromatic carbocycles. The Kier molecular flexibility index (Phi) is 1.54. The third-order valence-corrected chi connectivity index (χ3v) is 1.52. The summed E-state index contributed by atoms with van der Waals surface area (Å²) in [7, 11) is 0. The Labute approximate surface area is 59.6 Å². The highest BCUT2D eigenvalue weighted by Crippen LogP contribution is 2.27. The van der Waals surface area contributed by atoms with Crippen LogP contribution in [0.3, 0.4) is 0 Å². The number of aliphatic hydroxyl groups excluding tert-OH is 1. The predicted molar refractivity (Wildman–Crippen MR) is 38.7 cm³/mol. The van der Waals surface area contributed by atoms with Crippen molar-refractivity contribution in [3.8, 4) is 0 Å². The van der Waals surface area contributed by atoms with Crippen LogP contribution in [-0.2, 0) is 0 Å². The van der Waals surface area contributed by atoms with Crippen molar-refractivity contribution >= 4 is 11.6 Å². The van der Waals surface area contributed by atoms with Crippen LogP contribution < -0.4 is 0 Å². The van der Waals surface area contributed by atoms with Gasteiger partial charge in [-0.15, -0.1) is 11.6 Å². The van der Waals surface area contributed by atoms with Crippen LogP contribution in [0.2, 0.25) is 0 Å². The number of hydrogen-bond acceptors (Lipinski definition) is 1. The van der Waals surface area contributed by atoms with Gasteiger partial charge >= 0.3 is 0 Å². The molecule has 1 N–H and O–H groups in total. The van der Waals surface area contributed by atoms with E-state index in [4.69, 9.17) is 16.7 Å². The normalized spacial score (nSPS) is 34.2. The van der Waals surface area contributed by atoms with E-state index in [1.165, 1.54) is 0 Å². The highest BCUT2D eigenvalue weighted by atomic mass is 35.5. The minimum absolute atomic E-state index is 0.356. The van der Waals surface area contributed by atoms with Gasteiger partial charge in [-0.25, -0.2) is 0 Å². The van der Waals surface area contributed by atoms with Gasteiger partial charge in [0.15, 0.2) is 0 Å². The van der Waals surface area contributed by atoms with Gasteiger partial charge < -0.3 is 5.11 Å². The zero-order chi connectivity index (χ0) is 6.91. The van der Waals surface area contributed by atoms with E-state index in [1.54, 1.807) is 12.2 Å². The van der Waals surface area contributed by atoms with E-state index in [0.29, 0.717) is 12.2 Å². The molecular formula is C7H9ClO. The van der Waals surface area contributed by atoms with Crippen LogP contribution in [0.15, 0.2) is 24.0 Å². The fourth-order valence-corrected chi connectivity index (χ4v) is 1.04.